The van der Waals surface area contributed by atoms with Gasteiger partial charge in [0.2, 0.25) is 11.9 Å². The van der Waals surface area contributed by atoms with Crippen LogP contribution in [0.25, 0.3) is 10.9 Å². The highest BCUT2D eigenvalue weighted by atomic mass is 16.3. The molecule has 0 aliphatic carbocycles. The smallest absolute Gasteiger partial charge is 0.240 e. The van der Waals surface area contributed by atoms with Gasteiger partial charge in [0.15, 0.2) is 5.82 Å². The Balaban J connectivity index is 1.42. The van der Waals surface area contributed by atoms with E-state index >= 15 is 0 Å². The normalized spacial score (nSPS) is 17.9. The molecule has 184 valence electrons. The van der Waals surface area contributed by atoms with E-state index in [2.05, 4.69) is 25.5 Å². The molecular formula is C25H32N8O2. The second kappa shape index (κ2) is 10.5. The third-order valence-corrected chi connectivity index (χ3v) is 6.56. The predicted octanol–water partition coefficient (Wildman–Crippen LogP) is 2.92. The lowest BCUT2D eigenvalue weighted by Gasteiger charge is -2.29. The molecule has 3 aromatic rings. The van der Waals surface area contributed by atoms with Gasteiger partial charge in [-0.15, -0.1) is 0 Å². The minimum atomic E-state index is -0.615. The third-order valence-electron chi connectivity index (χ3n) is 6.56. The number of rotatable bonds is 6. The number of aliphatic hydroxyl groups is 1. The lowest BCUT2D eigenvalue weighted by molar-refractivity contribution is -0.117. The molecular weight excluding hydrogens is 444 g/mol. The number of aliphatic hydroxyl groups excluding tert-OH is 1. The predicted molar refractivity (Wildman–Crippen MR) is 136 cm³/mol. The van der Waals surface area contributed by atoms with Crippen molar-refractivity contribution in [2.24, 2.45) is 0 Å². The molecule has 0 spiro atoms. The monoisotopic (exact) mass is 476 g/mol. The van der Waals surface area contributed by atoms with Crippen LogP contribution in [-0.4, -0.2) is 63.7 Å². The zero-order valence-corrected chi connectivity index (χ0v) is 20.1. The number of fused-ring (bicyclic) bond motifs is 1. The molecule has 2 aliphatic rings. The van der Waals surface area contributed by atoms with E-state index in [1.165, 1.54) is 6.42 Å². The van der Waals surface area contributed by atoms with E-state index in [-0.39, 0.29) is 5.91 Å². The fraction of sp³-hybridized carbons (Fsp3) is 0.480. The highest BCUT2D eigenvalue weighted by Gasteiger charge is 2.21. The van der Waals surface area contributed by atoms with Crippen molar-refractivity contribution in [1.82, 2.24) is 25.3 Å². The fourth-order valence-electron chi connectivity index (χ4n) is 4.59. The molecule has 10 heteroatoms. The van der Waals surface area contributed by atoms with E-state index in [9.17, 15) is 9.90 Å². The molecule has 1 atom stereocenters. The number of hydrogen-bond donors (Lipinski definition) is 3. The highest BCUT2D eigenvalue weighted by Crippen LogP contribution is 2.30. The van der Waals surface area contributed by atoms with Gasteiger partial charge in [-0.2, -0.15) is 0 Å². The maximum Gasteiger partial charge on any atom is 0.240 e. The fourth-order valence-corrected chi connectivity index (χ4v) is 4.59. The zero-order chi connectivity index (χ0) is 24.2. The van der Waals surface area contributed by atoms with E-state index in [1.807, 2.05) is 25.1 Å². The minimum absolute atomic E-state index is 0.0492. The summed E-state index contributed by atoms with van der Waals surface area (Å²) in [7, 11) is 0. The molecule has 5 heterocycles. The molecule has 0 saturated carbocycles. The second-order valence-corrected chi connectivity index (χ2v) is 9.08. The molecule has 0 bridgehead atoms. The number of nitrogens with one attached hydrogen (secondary N) is 2. The zero-order valence-electron chi connectivity index (χ0n) is 20.1. The van der Waals surface area contributed by atoms with Gasteiger partial charge in [-0.3, -0.25) is 4.79 Å². The Bertz CT molecular complexity index is 1180. The van der Waals surface area contributed by atoms with Gasteiger partial charge in [-0.1, -0.05) is 6.92 Å². The maximum atomic E-state index is 12.3. The Hall–Kier alpha value is -3.37. The van der Waals surface area contributed by atoms with E-state index < -0.39 is 6.10 Å². The van der Waals surface area contributed by atoms with Crippen molar-refractivity contribution in [3.05, 3.63) is 36.3 Å². The summed E-state index contributed by atoms with van der Waals surface area (Å²) in [6.07, 6.45) is 7.80. The molecule has 2 aliphatic heterocycles. The van der Waals surface area contributed by atoms with Crippen LogP contribution in [0.2, 0.25) is 0 Å². The first-order valence-corrected chi connectivity index (χ1v) is 12.5. The van der Waals surface area contributed by atoms with Crippen molar-refractivity contribution in [2.75, 3.05) is 47.8 Å². The summed E-state index contributed by atoms with van der Waals surface area (Å²) in [4.78, 5) is 34.9. The van der Waals surface area contributed by atoms with Crippen LogP contribution in [0, 0.1) is 0 Å². The molecule has 1 unspecified atom stereocenters. The van der Waals surface area contributed by atoms with Gasteiger partial charge in [0.25, 0.3) is 0 Å². The van der Waals surface area contributed by atoms with Crippen LogP contribution in [0.4, 0.5) is 23.3 Å². The van der Waals surface area contributed by atoms with E-state index in [0.29, 0.717) is 37.0 Å². The minimum Gasteiger partial charge on any atom is -0.387 e. The maximum absolute atomic E-state index is 12.3. The summed E-state index contributed by atoms with van der Waals surface area (Å²) < 4.78 is 0. The van der Waals surface area contributed by atoms with Crippen molar-refractivity contribution in [3.63, 3.8) is 0 Å². The molecule has 5 rings (SSSR count). The van der Waals surface area contributed by atoms with Crippen molar-refractivity contribution in [1.29, 1.82) is 0 Å². The van der Waals surface area contributed by atoms with Crippen molar-refractivity contribution in [3.8, 4) is 0 Å². The summed E-state index contributed by atoms with van der Waals surface area (Å²) in [6, 6.07) is 5.60. The first kappa shape index (κ1) is 23.4. The van der Waals surface area contributed by atoms with Gasteiger partial charge < -0.3 is 25.5 Å². The van der Waals surface area contributed by atoms with Gasteiger partial charge in [-0.25, -0.2) is 19.9 Å². The quantitative estimate of drug-likeness (QED) is 0.493. The summed E-state index contributed by atoms with van der Waals surface area (Å²) in [5.41, 5.74) is 2.19. The van der Waals surface area contributed by atoms with Crippen LogP contribution in [0.3, 0.4) is 0 Å². The molecule has 10 nitrogen and oxygen atoms in total. The second-order valence-electron chi connectivity index (χ2n) is 9.08. The van der Waals surface area contributed by atoms with Crippen LogP contribution in [-0.2, 0) is 4.79 Å². The lowest BCUT2D eigenvalue weighted by atomic mass is 10.1. The largest absolute Gasteiger partial charge is 0.387 e. The highest BCUT2D eigenvalue weighted by molar-refractivity contribution is 5.95. The third kappa shape index (κ3) is 5.18. The number of carbonyl (C=O) groups is 1. The number of piperidine rings is 1. The van der Waals surface area contributed by atoms with Crippen LogP contribution in [0.1, 0.15) is 50.8 Å². The van der Waals surface area contributed by atoms with Crippen LogP contribution in [0.15, 0.2) is 30.6 Å². The van der Waals surface area contributed by atoms with Gasteiger partial charge in [0.05, 0.1) is 30.2 Å². The Labute approximate surface area is 204 Å². The first-order valence-electron chi connectivity index (χ1n) is 12.5. The van der Waals surface area contributed by atoms with E-state index in [0.717, 1.165) is 61.3 Å². The van der Waals surface area contributed by atoms with Gasteiger partial charge in [0, 0.05) is 31.2 Å². The molecule has 2 saturated heterocycles. The van der Waals surface area contributed by atoms with Crippen LogP contribution in [0.5, 0.6) is 0 Å². The standard InChI is InChI=1S/C25H32N8O2/c1-2-20(34)19-13-17-14-28-25(31-23(17)24(29-19)32-10-4-3-5-11-32)30-21-8-7-18(15-27-21)33-12-6-9-26-16-22(33)35/h7-8,13-15,20,26,34H,2-6,9-12,16H2,1H3,(H,27,28,30,31). The summed E-state index contributed by atoms with van der Waals surface area (Å²) in [6.45, 7) is 5.65. The summed E-state index contributed by atoms with van der Waals surface area (Å²) in [5, 5.41) is 17.6. The van der Waals surface area contributed by atoms with Gasteiger partial charge in [0.1, 0.15) is 11.3 Å². The molecule has 1 amide bonds. The Morgan fingerprint density at radius 1 is 1.09 bits per heavy atom. The van der Waals surface area contributed by atoms with E-state index in [4.69, 9.17) is 9.97 Å². The number of anilines is 4. The molecule has 35 heavy (non-hydrogen) atoms. The molecule has 3 aromatic heterocycles. The van der Waals surface area contributed by atoms with Gasteiger partial charge >= 0.3 is 0 Å². The lowest BCUT2D eigenvalue weighted by Crippen LogP contribution is -2.34. The van der Waals surface area contributed by atoms with Crippen LogP contribution >= 0.6 is 0 Å². The first-order chi connectivity index (χ1) is 17.1. The Kier molecular flexibility index (Phi) is 7.01. The van der Waals surface area contributed by atoms with Crippen molar-refractivity contribution < 1.29 is 9.90 Å². The summed E-state index contributed by atoms with van der Waals surface area (Å²) in [5.74, 6) is 1.87. The SMILES string of the molecule is CCC(O)c1cc2cnc(Nc3ccc(N4CCCNCC4=O)cn3)nc2c(N2CCCCC2)n1. The number of amides is 1. The summed E-state index contributed by atoms with van der Waals surface area (Å²) >= 11 is 0. The van der Waals surface area contributed by atoms with Crippen molar-refractivity contribution in [2.45, 2.75) is 45.1 Å². The molecule has 0 radical (unpaired) electrons. The number of carbonyl (C=O) groups excluding carboxylic acids is 1. The number of aromatic nitrogens is 4. The average molecular weight is 477 g/mol. The molecule has 2 fully saturated rings. The van der Waals surface area contributed by atoms with Crippen molar-refractivity contribution >= 4 is 40.1 Å². The Morgan fingerprint density at radius 3 is 2.71 bits per heavy atom. The molecule has 3 N–H and O–H groups in total. The number of hydrogen-bond acceptors (Lipinski definition) is 9. The average Bonchev–Trinajstić information content (AvgIpc) is 3.12. The number of pyridine rings is 2. The number of nitrogens with zero attached hydrogens (tertiary/aromatic N) is 6. The topological polar surface area (TPSA) is 119 Å². The van der Waals surface area contributed by atoms with E-state index in [1.54, 1.807) is 17.3 Å². The van der Waals surface area contributed by atoms with Crippen LogP contribution < -0.4 is 20.4 Å². The van der Waals surface area contributed by atoms with Gasteiger partial charge in [-0.05, 0) is 56.8 Å². The molecule has 0 aromatic carbocycles. The Morgan fingerprint density at radius 2 is 1.94 bits per heavy atom.